The molecule has 0 heterocycles. The van der Waals surface area contributed by atoms with E-state index in [1.807, 2.05) is 0 Å². The van der Waals surface area contributed by atoms with Gasteiger partial charge >= 0.3 is 5.97 Å². The number of nitrogens with zero attached hydrogens (tertiary/aromatic N) is 1. The molecular formula is C15H21NO4S. The van der Waals surface area contributed by atoms with Crippen LogP contribution in [-0.4, -0.2) is 36.9 Å². The Balaban J connectivity index is 2.48. The van der Waals surface area contributed by atoms with Crippen molar-refractivity contribution >= 4 is 16.0 Å². The molecule has 1 aromatic carbocycles. The summed E-state index contributed by atoms with van der Waals surface area (Å²) in [7, 11) is -2.07. The minimum atomic E-state index is -3.66. The lowest BCUT2D eigenvalue weighted by Gasteiger charge is -2.25. The zero-order chi connectivity index (χ0) is 15.8. The summed E-state index contributed by atoms with van der Waals surface area (Å²) in [6.45, 7) is 3.38. The second kappa shape index (κ2) is 5.77. The molecule has 0 aliphatic heterocycles. The molecule has 1 aliphatic carbocycles. The molecule has 1 fully saturated rings. The van der Waals surface area contributed by atoms with Gasteiger partial charge in [-0.1, -0.05) is 18.9 Å². The maximum absolute atomic E-state index is 12.8. The lowest BCUT2D eigenvalue weighted by molar-refractivity contribution is 0.0696. The molecule has 1 N–H and O–H groups in total. The SMILES string of the molecule is Cc1cc(C)c(S(=O)(=O)N(C)C2CCCC2)cc1C(=O)O. The Morgan fingerprint density at radius 1 is 1.19 bits per heavy atom. The summed E-state index contributed by atoms with van der Waals surface area (Å²) < 4.78 is 26.9. The Labute approximate surface area is 125 Å². The van der Waals surface area contributed by atoms with Crippen molar-refractivity contribution in [1.82, 2.24) is 4.31 Å². The van der Waals surface area contributed by atoms with Crippen LogP contribution in [0.3, 0.4) is 0 Å². The highest BCUT2D eigenvalue weighted by Crippen LogP contribution is 2.29. The van der Waals surface area contributed by atoms with Crippen LogP contribution in [0.2, 0.25) is 0 Å². The first kappa shape index (κ1) is 16.0. The Kier molecular flexibility index (Phi) is 4.39. The summed E-state index contributed by atoms with van der Waals surface area (Å²) in [5.41, 5.74) is 1.20. The van der Waals surface area contributed by atoms with Crippen molar-refractivity contribution in [2.24, 2.45) is 0 Å². The number of carboxylic acids is 1. The number of hydrogen-bond donors (Lipinski definition) is 1. The Bertz CT molecular complexity index is 660. The van der Waals surface area contributed by atoms with Gasteiger partial charge < -0.3 is 5.11 Å². The molecule has 0 bridgehead atoms. The molecule has 5 nitrogen and oxygen atoms in total. The number of rotatable bonds is 4. The minimum absolute atomic E-state index is 0.0176. The largest absolute Gasteiger partial charge is 0.478 e. The van der Waals surface area contributed by atoms with Gasteiger partial charge in [0.15, 0.2) is 0 Å². The quantitative estimate of drug-likeness (QED) is 0.927. The van der Waals surface area contributed by atoms with E-state index in [4.69, 9.17) is 0 Å². The van der Waals surface area contributed by atoms with Gasteiger partial charge in [0.25, 0.3) is 0 Å². The second-order valence-electron chi connectivity index (χ2n) is 5.70. The lowest BCUT2D eigenvalue weighted by Crippen LogP contribution is -2.35. The summed E-state index contributed by atoms with van der Waals surface area (Å²) >= 11 is 0. The van der Waals surface area contributed by atoms with E-state index in [9.17, 15) is 18.3 Å². The van der Waals surface area contributed by atoms with E-state index in [2.05, 4.69) is 0 Å². The second-order valence-corrected chi connectivity index (χ2v) is 7.66. The van der Waals surface area contributed by atoms with Crippen LogP contribution in [0.4, 0.5) is 0 Å². The molecule has 116 valence electrons. The van der Waals surface area contributed by atoms with Crippen LogP contribution < -0.4 is 0 Å². The molecule has 6 heteroatoms. The molecule has 0 unspecified atom stereocenters. The fraction of sp³-hybridized carbons (Fsp3) is 0.533. The van der Waals surface area contributed by atoms with E-state index >= 15 is 0 Å². The molecule has 0 saturated heterocycles. The molecule has 1 aromatic rings. The van der Waals surface area contributed by atoms with Crippen molar-refractivity contribution in [3.05, 3.63) is 28.8 Å². The fourth-order valence-corrected chi connectivity index (χ4v) is 4.61. The highest BCUT2D eigenvalue weighted by atomic mass is 32.2. The number of aromatic carboxylic acids is 1. The molecule has 21 heavy (non-hydrogen) atoms. The van der Waals surface area contributed by atoms with Crippen molar-refractivity contribution in [3.8, 4) is 0 Å². The van der Waals surface area contributed by atoms with Crippen molar-refractivity contribution in [3.63, 3.8) is 0 Å². The average Bonchev–Trinajstić information content (AvgIpc) is 2.90. The number of carbonyl (C=O) groups is 1. The fourth-order valence-electron chi connectivity index (χ4n) is 2.96. The first-order valence-corrected chi connectivity index (χ1v) is 8.51. The van der Waals surface area contributed by atoms with E-state index < -0.39 is 16.0 Å². The van der Waals surface area contributed by atoms with Crippen molar-refractivity contribution in [2.75, 3.05) is 7.05 Å². The van der Waals surface area contributed by atoms with E-state index in [0.29, 0.717) is 11.1 Å². The Morgan fingerprint density at radius 2 is 1.76 bits per heavy atom. The highest BCUT2D eigenvalue weighted by molar-refractivity contribution is 7.89. The summed E-state index contributed by atoms with van der Waals surface area (Å²) in [6.07, 6.45) is 3.81. The van der Waals surface area contributed by atoms with Gasteiger partial charge in [-0.3, -0.25) is 0 Å². The van der Waals surface area contributed by atoms with Crippen LogP contribution >= 0.6 is 0 Å². The molecule has 0 aromatic heterocycles. The van der Waals surface area contributed by atoms with Gasteiger partial charge in [-0.05, 0) is 43.9 Å². The number of benzene rings is 1. The van der Waals surface area contributed by atoms with Gasteiger partial charge in [-0.25, -0.2) is 13.2 Å². The topological polar surface area (TPSA) is 74.7 Å². The number of aryl methyl sites for hydroxylation is 2. The van der Waals surface area contributed by atoms with Gasteiger partial charge in [-0.15, -0.1) is 0 Å². The molecule has 1 saturated carbocycles. The zero-order valence-corrected chi connectivity index (χ0v) is 13.4. The van der Waals surface area contributed by atoms with E-state index in [1.165, 1.54) is 10.4 Å². The number of sulfonamides is 1. The van der Waals surface area contributed by atoms with Crippen LogP contribution in [0.1, 0.15) is 47.2 Å². The number of carboxylic acid groups (broad SMARTS) is 1. The molecular weight excluding hydrogens is 290 g/mol. The molecule has 0 atom stereocenters. The summed E-state index contributed by atoms with van der Waals surface area (Å²) in [5.74, 6) is -1.10. The van der Waals surface area contributed by atoms with Crippen LogP contribution in [0, 0.1) is 13.8 Å². The van der Waals surface area contributed by atoms with Gasteiger partial charge in [0.1, 0.15) is 0 Å². The smallest absolute Gasteiger partial charge is 0.335 e. The molecule has 0 radical (unpaired) electrons. The van der Waals surface area contributed by atoms with Crippen LogP contribution in [-0.2, 0) is 10.0 Å². The predicted octanol–water partition coefficient (Wildman–Crippen LogP) is 2.56. The predicted molar refractivity (Wildman–Crippen MR) is 80.1 cm³/mol. The Hall–Kier alpha value is -1.40. The summed E-state index contributed by atoms with van der Waals surface area (Å²) in [4.78, 5) is 11.3. The van der Waals surface area contributed by atoms with E-state index in [0.717, 1.165) is 25.7 Å². The first-order valence-electron chi connectivity index (χ1n) is 7.07. The molecule has 2 rings (SSSR count). The molecule has 0 amide bonds. The van der Waals surface area contributed by atoms with Gasteiger partial charge in [0.2, 0.25) is 10.0 Å². The summed E-state index contributed by atoms with van der Waals surface area (Å²) in [6, 6.07) is 2.93. The minimum Gasteiger partial charge on any atom is -0.478 e. The third-order valence-corrected chi connectivity index (χ3v) is 6.30. The number of hydrogen-bond acceptors (Lipinski definition) is 3. The zero-order valence-electron chi connectivity index (χ0n) is 12.6. The molecule has 1 aliphatic rings. The molecule has 0 spiro atoms. The van der Waals surface area contributed by atoms with Gasteiger partial charge in [0.05, 0.1) is 10.5 Å². The standard InChI is InChI=1S/C15H21NO4S/c1-10-8-11(2)14(9-13(10)15(17)18)21(19,20)16(3)12-6-4-5-7-12/h8-9,12H,4-7H2,1-3H3,(H,17,18). The van der Waals surface area contributed by atoms with Gasteiger partial charge in [0, 0.05) is 13.1 Å². The van der Waals surface area contributed by atoms with Gasteiger partial charge in [-0.2, -0.15) is 4.31 Å². The van der Waals surface area contributed by atoms with Crippen LogP contribution in [0.5, 0.6) is 0 Å². The third-order valence-electron chi connectivity index (χ3n) is 4.25. The average molecular weight is 311 g/mol. The maximum Gasteiger partial charge on any atom is 0.335 e. The maximum atomic E-state index is 12.8. The highest BCUT2D eigenvalue weighted by Gasteiger charge is 2.31. The van der Waals surface area contributed by atoms with Crippen molar-refractivity contribution in [1.29, 1.82) is 0 Å². The monoisotopic (exact) mass is 311 g/mol. The normalized spacial score (nSPS) is 16.6. The van der Waals surface area contributed by atoms with Crippen molar-refractivity contribution in [2.45, 2.75) is 50.5 Å². The van der Waals surface area contributed by atoms with Crippen LogP contribution in [0.15, 0.2) is 17.0 Å². The first-order chi connectivity index (χ1) is 9.75. The van der Waals surface area contributed by atoms with E-state index in [-0.39, 0.29) is 16.5 Å². The summed E-state index contributed by atoms with van der Waals surface area (Å²) in [5, 5.41) is 9.19. The van der Waals surface area contributed by atoms with Crippen molar-refractivity contribution < 1.29 is 18.3 Å². The Morgan fingerprint density at radius 3 is 2.29 bits per heavy atom. The van der Waals surface area contributed by atoms with Crippen LogP contribution in [0.25, 0.3) is 0 Å². The lowest BCUT2D eigenvalue weighted by atomic mass is 10.1. The van der Waals surface area contributed by atoms with E-state index in [1.54, 1.807) is 27.0 Å². The third kappa shape index (κ3) is 2.96.